The number of H-pyrrole nitrogens is 3. The molecule has 0 saturated carbocycles. The maximum absolute atomic E-state index is 5.08. The minimum Gasteiger partial charge on any atom is -0.282 e. The van der Waals surface area contributed by atoms with Crippen LogP contribution in [0.1, 0.15) is 159 Å². The molecule has 0 amide bonds. The smallest absolute Gasteiger partial charge is 0.255 e. The van der Waals surface area contributed by atoms with Crippen molar-refractivity contribution in [2.24, 2.45) is 0 Å². The summed E-state index contributed by atoms with van der Waals surface area (Å²) in [6.45, 7) is 40.8. The third-order valence-corrected chi connectivity index (χ3v) is 7.66. The van der Waals surface area contributed by atoms with E-state index in [1.807, 2.05) is 0 Å². The third-order valence-electron chi connectivity index (χ3n) is 7.66. The Morgan fingerprint density at radius 2 is 0.571 bits per heavy atom. The predicted molar refractivity (Wildman–Crippen MR) is 180 cm³/mol. The number of nitrogens with one attached hydrogen (secondary N) is 3. The zero-order valence-electron chi connectivity index (χ0n) is 29.6. The molecule has 6 nitrogen and oxygen atoms in total. The van der Waals surface area contributed by atoms with Crippen LogP contribution < -0.4 is 16.4 Å². The average molecular weight is 644 g/mol. The molecule has 0 unspecified atom stereocenters. The standard InChI is InChI=1S/C33H57BN6.ClH.Ni/c1-28(2,3)22-19(23(36-35-22)29(4,5)6)34(20-24(30(7,8)9)37-38-25(20)31(10,11)12)21-26(32(13,14)15)39-40-27(21)33(16,17)18;;/h1-18H3,(H,35,36)(H,37,38)(H,39,40);1H;. The molecule has 0 aliphatic heterocycles. The van der Waals surface area contributed by atoms with Gasteiger partial charge in [-0.05, 0) is 16.4 Å². The number of hydrogen-bond acceptors (Lipinski definition) is 3. The van der Waals surface area contributed by atoms with E-state index in [2.05, 4.69) is 140 Å². The Morgan fingerprint density at radius 1 is 0.381 bits per heavy atom. The molecule has 0 saturated heterocycles. The van der Waals surface area contributed by atoms with E-state index in [1.165, 1.54) is 33.5 Å². The van der Waals surface area contributed by atoms with Crippen LogP contribution in [0.25, 0.3) is 0 Å². The molecule has 3 aromatic heterocycles. The van der Waals surface area contributed by atoms with Crippen molar-refractivity contribution in [1.82, 2.24) is 30.6 Å². The zero-order valence-corrected chi connectivity index (χ0v) is 31.4. The van der Waals surface area contributed by atoms with Gasteiger partial charge in [0.15, 0.2) is 0 Å². The van der Waals surface area contributed by atoms with Crippen LogP contribution in [0.15, 0.2) is 0 Å². The Balaban J connectivity index is 0.00000441. The van der Waals surface area contributed by atoms with E-state index in [-0.39, 0.29) is 68.1 Å². The van der Waals surface area contributed by atoms with E-state index < -0.39 is 0 Å². The third kappa shape index (κ3) is 7.40. The second-order valence-electron chi connectivity index (χ2n) is 18.0. The van der Waals surface area contributed by atoms with Crippen molar-refractivity contribution >= 4 is 35.5 Å². The first-order valence-corrected chi connectivity index (χ1v) is 15.0. The average Bonchev–Trinajstić information content (AvgIpc) is 3.42. The number of nitrogens with zero attached hydrogens (tertiary/aromatic N) is 3. The molecule has 240 valence electrons. The Hall–Kier alpha value is -1.52. The monoisotopic (exact) mass is 642 g/mol. The normalized spacial score (nSPS) is 13.6. The van der Waals surface area contributed by atoms with Gasteiger partial charge in [-0.3, -0.25) is 15.3 Å². The van der Waals surface area contributed by atoms with Crippen molar-refractivity contribution in [1.29, 1.82) is 0 Å². The Labute approximate surface area is 273 Å². The van der Waals surface area contributed by atoms with Crippen LogP contribution in [0.4, 0.5) is 0 Å². The molecule has 3 N–H and O–H groups in total. The maximum atomic E-state index is 5.08. The van der Waals surface area contributed by atoms with Crippen LogP contribution >= 0.6 is 12.4 Å². The minimum absolute atomic E-state index is 0. The molecule has 0 aromatic carbocycles. The molecule has 0 atom stereocenters. The summed E-state index contributed by atoms with van der Waals surface area (Å²) >= 11 is 0. The van der Waals surface area contributed by atoms with Gasteiger partial charge < -0.3 is 0 Å². The van der Waals surface area contributed by atoms with E-state index in [1.54, 1.807) is 0 Å². The van der Waals surface area contributed by atoms with Crippen LogP contribution in [0.2, 0.25) is 0 Å². The molecular weight excluding hydrogens is 585 g/mol. The Morgan fingerprint density at radius 3 is 0.714 bits per heavy atom. The van der Waals surface area contributed by atoms with Gasteiger partial charge >= 0.3 is 0 Å². The Kier molecular flexibility index (Phi) is 10.8. The predicted octanol–water partition coefficient (Wildman–Crippen LogP) is 6.58. The molecule has 0 fully saturated rings. The van der Waals surface area contributed by atoms with E-state index in [0.717, 1.165) is 17.1 Å². The summed E-state index contributed by atoms with van der Waals surface area (Å²) in [6.07, 6.45) is 0. The second kappa shape index (κ2) is 11.8. The van der Waals surface area contributed by atoms with E-state index >= 15 is 0 Å². The van der Waals surface area contributed by atoms with Crippen LogP contribution in [0.3, 0.4) is 0 Å². The second-order valence-corrected chi connectivity index (χ2v) is 18.0. The molecule has 9 heteroatoms. The van der Waals surface area contributed by atoms with Gasteiger partial charge in [0.25, 0.3) is 6.71 Å². The van der Waals surface area contributed by atoms with Gasteiger partial charge in [0, 0.05) is 66.1 Å². The summed E-state index contributed by atoms with van der Waals surface area (Å²) in [6, 6.07) is 0. The van der Waals surface area contributed by atoms with Crippen LogP contribution in [-0.2, 0) is 49.0 Å². The number of hydrogen-bond donors (Lipinski definition) is 3. The summed E-state index contributed by atoms with van der Waals surface area (Å²) in [7, 11) is 0. The van der Waals surface area contributed by atoms with Crippen LogP contribution in [0, 0.1) is 0 Å². The first kappa shape index (κ1) is 38.5. The quantitative estimate of drug-likeness (QED) is 0.282. The van der Waals surface area contributed by atoms with Crippen molar-refractivity contribution in [3.63, 3.8) is 0 Å². The fourth-order valence-corrected chi connectivity index (χ4v) is 5.76. The molecule has 42 heavy (non-hydrogen) atoms. The largest absolute Gasteiger partial charge is 0.282 e. The fourth-order valence-electron chi connectivity index (χ4n) is 5.76. The van der Waals surface area contributed by atoms with Crippen LogP contribution in [0.5, 0.6) is 0 Å². The van der Waals surface area contributed by atoms with Gasteiger partial charge in [0.05, 0.1) is 17.1 Å². The van der Waals surface area contributed by atoms with E-state index in [0.29, 0.717) is 0 Å². The number of rotatable bonds is 3. The molecule has 3 aromatic rings. The van der Waals surface area contributed by atoms with Gasteiger partial charge in [0.1, 0.15) is 0 Å². The van der Waals surface area contributed by atoms with Crippen molar-refractivity contribution < 1.29 is 16.5 Å². The molecule has 3 heterocycles. The fraction of sp³-hybridized carbons (Fsp3) is 0.727. The molecule has 0 aliphatic rings. The summed E-state index contributed by atoms with van der Waals surface area (Å²) in [5, 5.41) is 25.9. The maximum Gasteiger partial charge on any atom is 0.255 e. The Bertz CT molecular complexity index is 1090. The van der Waals surface area contributed by atoms with Crippen molar-refractivity contribution in [2.45, 2.75) is 157 Å². The molecule has 0 bridgehead atoms. The van der Waals surface area contributed by atoms with Crippen molar-refractivity contribution in [3.05, 3.63) is 34.2 Å². The van der Waals surface area contributed by atoms with E-state index in [4.69, 9.17) is 15.3 Å². The number of aromatic nitrogens is 6. The van der Waals surface area contributed by atoms with Gasteiger partial charge in [-0.1, -0.05) is 125 Å². The molecule has 0 radical (unpaired) electrons. The molecule has 0 spiro atoms. The SMILES string of the molecule is CC(C)(C)c1n[nH]c(C(C)(C)C)c1B(c1c(C(C)(C)C)n[nH]c1C(C)(C)C)c1c(C(C)(C)C)n[nH]c1C(C)(C)C.Cl.[Ni]. The van der Waals surface area contributed by atoms with Gasteiger partial charge in [0.2, 0.25) is 0 Å². The van der Waals surface area contributed by atoms with Crippen LogP contribution in [-0.4, -0.2) is 37.3 Å². The minimum atomic E-state index is -0.172. The van der Waals surface area contributed by atoms with Gasteiger partial charge in [-0.2, -0.15) is 15.3 Å². The topological polar surface area (TPSA) is 86.0 Å². The first-order chi connectivity index (χ1) is 17.7. The summed E-state index contributed by atoms with van der Waals surface area (Å²) in [4.78, 5) is 0. The number of aromatic amines is 3. The zero-order chi connectivity index (χ0) is 31.0. The molecular formula is C33H58BClN6Ni. The molecule has 0 aliphatic carbocycles. The summed E-state index contributed by atoms with van der Waals surface area (Å²) in [5.74, 6) is 0. The van der Waals surface area contributed by atoms with Crippen molar-refractivity contribution in [2.75, 3.05) is 0 Å². The van der Waals surface area contributed by atoms with Crippen molar-refractivity contribution in [3.8, 4) is 0 Å². The van der Waals surface area contributed by atoms with Gasteiger partial charge in [-0.25, -0.2) is 0 Å². The summed E-state index contributed by atoms with van der Waals surface area (Å²) < 4.78 is 0. The van der Waals surface area contributed by atoms with E-state index in [9.17, 15) is 0 Å². The van der Waals surface area contributed by atoms with Gasteiger partial charge in [-0.15, -0.1) is 12.4 Å². The molecule has 3 rings (SSSR count). The number of halogens is 1. The summed E-state index contributed by atoms with van der Waals surface area (Å²) in [5.41, 5.74) is 9.63. The first-order valence-electron chi connectivity index (χ1n) is 15.0.